The first-order valence-corrected chi connectivity index (χ1v) is 12.4. The molecule has 2 rings (SSSR count). The number of benzene rings is 2. The molecule has 0 heterocycles. The van der Waals surface area contributed by atoms with Gasteiger partial charge in [-0.1, -0.05) is 72.7 Å². The van der Waals surface area contributed by atoms with Crippen molar-refractivity contribution in [1.29, 1.82) is 0 Å². The third-order valence-electron chi connectivity index (χ3n) is 6.21. The van der Waals surface area contributed by atoms with E-state index >= 15 is 0 Å². The van der Waals surface area contributed by atoms with Gasteiger partial charge in [0.2, 0.25) is 0 Å². The molecule has 0 spiro atoms. The van der Waals surface area contributed by atoms with Crippen LogP contribution in [0.4, 0.5) is 0 Å². The van der Waals surface area contributed by atoms with Crippen LogP contribution in [0.25, 0.3) is 0 Å². The van der Waals surface area contributed by atoms with Gasteiger partial charge >= 0.3 is 0 Å². The first-order chi connectivity index (χ1) is 15.7. The Labute approximate surface area is 206 Å². The van der Waals surface area contributed by atoms with Crippen molar-refractivity contribution in [2.24, 2.45) is 16.5 Å². The summed E-state index contributed by atoms with van der Waals surface area (Å²) >= 11 is 0. The molecule has 0 aliphatic heterocycles. The zero-order valence-electron chi connectivity index (χ0n) is 22.5. The SMILES string of the molecule is CCc1cc(C(C)(C)C)cc(Cc2cc(C(C)(C)C)cc(C)c2O)c1OCCCCN=C(N)N. The molecule has 0 bridgehead atoms. The Morgan fingerprint density at radius 3 is 2.00 bits per heavy atom. The lowest BCUT2D eigenvalue weighted by Crippen LogP contribution is -2.23. The lowest BCUT2D eigenvalue weighted by atomic mass is 9.82. The van der Waals surface area contributed by atoms with E-state index < -0.39 is 0 Å². The summed E-state index contributed by atoms with van der Waals surface area (Å²) in [7, 11) is 0. The summed E-state index contributed by atoms with van der Waals surface area (Å²) in [4.78, 5) is 4.05. The van der Waals surface area contributed by atoms with Gasteiger partial charge in [-0.05, 0) is 70.4 Å². The summed E-state index contributed by atoms with van der Waals surface area (Å²) < 4.78 is 6.38. The molecule has 0 radical (unpaired) electrons. The maximum absolute atomic E-state index is 10.9. The highest BCUT2D eigenvalue weighted by Gasteiger charge is 2.22. The van der Waals surface area contributed by atoms with Gasteiger partial charge in [0.15, 0.2) is 5.96 Å². The molecule has 5 nitrogen and oxygen atoms in total. The second kappa shape index (κ2) is 11.2. The van der Waals surface area contributed by atoms with E-state index in [1.807, 2.05) is 6.92 Å². The minimum Gasteiger partial charge on any atom is -0.507 e. The molecular weight excluding hydrogens is 422 g/mol. The summed E-state index contributed by atoms with van der Waals surface area (Å²) in [6, 6.07) is 8.77. The predicted molar refractivity (Wildman–Crippen MR) is 144 cm³/mol. The Morgan fingerprint density at radius 2 is 1.44 bits per heavy atom. The van der Waals surface area contributed by atoms with Crippen LogP contribution in [0.5, 0.6) is 11.5 Å². The van der Waals surface area contributed by atoms with E-state index in [2.05, 4.69) is 77.7 Å². The molecule has 0 aromatic heterocycles. The molecule has 0 amide bonds. The highest BCUT2D eigenvalue weighted by molar-refractivity contribution is 5.75. The summed E-state index contributed by atoms with van der Waals surface area (Å²) in [5, 5.41) is 10.9. The van der Waals surface area contributed by atoms with Crippen LogP contribution in [0, 0.1) is 6.92 Å². The quantitative estimate of drug-likeness (QED) is 0.244. The minimum atomic E-state index is 0.00375. The minimum absolute atomic E-state index is 0.00375. The number of unbranched alkanes of at least 4 members (excludes halogenated alkanes) is 1. The van der Waals surface area contributed by atoms with Crippen LogP contribution >= 0.6 is 0 Å². The molecule has 34 heavy (non-hydrogen) atoms. The molecule has 0 aliphatic carbocycles. The van der Waals surface area contributed by atoms with Crippen LogP contribution in [-0.4, -0.2) is 24.2 Å². The fraction of sp³-hybridized carbons (Fsp3) is 0.552. The van der Waals surface area contributed by atoms with E-state index in [1.165, 1.54) is 16.7 Å². The van der Waals surface area contributed by atoms with E-state index in [0.717, 1.165) is 41.7 Å². The largest absolute Gasteiger partial charge is 0.507 e. The van der Waals surface area contributed by atoms with E-state index in [0.29, 0.717) is 25.3 Å². The number of aryl methyl sites for hydroxylation is 2. The van der Waals surface area contributed by atoms with Gasteiger partial charge in [0.1, 0.15) is 11.5 Å². The standard InChI is InChI=1S/C29H45N3O2/c1-9-20-16-24(29(6,7)8)18-22(26(20)34-13-11-10-12-32-27(30)31)15-21-17-23(28(3,4)5)14-19(2)25(21)33/h14,16-18,33H,9-13,15H2,1-8H3,(H4,30,31,32). The van der Waals surface area contributed by atoms with Gasteiger partial charge in [-0.3, -0.25) is 4.99 Å². The number of nitrogens with zero attached hydrogens (tertiary/aromatic N) is 1. The molecule has 0 saturated heterocycles. The van der Waals surface area contributed by atoms with Gasteiger partial charge in [-0.2, -0.15) is 0 Å². The Bertz CT molecular complexity index is 1010. The van der Waals surface area contributed by atoms with Crippen molar-refractivity contribution in [3.05, 3.63) is 57.6 Å². The van der Waals surface area contributed by atoms with Crippen molar-refractivity contribution in [1.82, 2.24) is 0 Å². The number of phenols is 1. The number of aromatic hydroxyl groups is 1. The van der Waals surface area contributed by atoms with E-state index in [9.17, 15) is 5.11 Å². The fourth-order valence-electron chi connectivity index (χ4n) is 3.99. The summed E-state index contributed by atoms with van der Waals surface area (Å²) in [6.07, 6.45) is 3.23. The van der Waals surface area contributed by atoms with Crippen LogP contribution in [0.3, 0.4) is 0 Å². The van der Waals surface area contributed by atoms with E-state index in [1.54, 1.807) is 0 Å². The van der Waals surface area contributed by atoms with E-state index in [-0.39, 0.29) is 16.8 Å². The molecule has 5 heteroatoms. The van der Waals surface area contributed by atoms with Crippen molar-refractivity contribution in [2.75, 3.05) is 13.2 Å². The zero-order chi connectivity index (χ0) is 25.7. The van der Waals surface area contributed by atoms with Gasteiger partial charge in [-0.25, -0.2) is 0 Å². The average molecular weight is 468 g/mol. The zero-order valence-corrected chi connectivity index (χ0v) is 22.5. The maximum Gasteiger partial charge on any atom is 0.185 e. The monoisotopic (exact) mass is 467 g/mol. The lowest BCUT2D eigenvalue weighted by molar-refractivity contribution is 0.302. The summed E-state index contributed by atoms with van der Waals surface area (Å²) in [6.45, 7) is 18.7. The van der Waals surface area contributed by atoms with Crippen molar-refractivity contribution in [3.8, 4) is 11.5 Å². The first kappa shape index (κ1) is 27.6. The number of nitrogens with two attached hydrogens (primary N) is 2. The predicted octanol–water partition coefficient (Wildman–Crippen LogP) is 5.88. The lowest BCUT2D eigenvalue weighted by Gasteiger charge is -2.25. The second-order valence-electron chi connectivity index (χ2n) is 11.3. The van der Waals surface area contributed by atoms with Gasteiger partial charge in [0.05, 0.1) is 6.61 Å². The van der Waals surface area contributed by atoms with Crippen molar-refractivity contribution >= 4 is 5.96 Å². The van der Waals surface area contributed by atoms with Crippen molar-refractivity contribution in [3.63, 3.8) is 0 Å². The number of ether oxygens (including phenoxy) is 1. The van der Waals surface area contributed by atoms with Gasteiger partial charge in [0, 0.05) is 13.0 Å². The Kier molecular flexibility index (Phi) is 9.04. The molecule has 188 valence electrons. The molecule has 0 atom stereocenters. The van der Waals surface area contributed by atoms with Gasteiger partial charge in [-0.15, -0.1) is 0 Å². The number of phenolic OH excluding ortho intramolecular Hbond substituents is 1. The van der Waals surface area contributed by atoms with Gasteiger partial charge in [0.25, 0.3) is 0 Å². The molecule has 0 unspecified atom stereocenters. The smallest absolute Gasteiger partial charge is 0.185 e. The Hall–Kier alpha value is -2.69. The normalized spacial score (nSPS) is 12.0. The first-order valence-electron chi connectivity index (χ1n) is 12.4. The molecular formula is C29H45N3O2. The highest BCUT2D eigenvalue weighted by atomic mass is 16.5. The number of hydrogen-bond acceptors (Lipinski definition) is 3. The molecule has 0 fully saturated rings. The number of rotatable bonds is 9. The van der Waals surface area contributed by atoms with E-state index in [4.69, 9.17) is 16.2 Å². The Balaban J connectivity index is 2.46. The van der Waals surface area contributed by atoms with Crippen LogP contribution < -0.4 is 16.2 Å². The highest BCUT2D eigenvalue weighted by Crippen LogP contribution is 2.37. The third kappa shape index (κ3) is 7.41. The number of aliphatic imine (C=N–C) groups is 1. The van der Waals surface area contributed by atoms with Crippen molar-refractivity contribution in [2.45, 2.75) is 91.9 Å². The average Bonchev–Trinajstić information content (AvgIpc) is 2.72. The molecule has 2 aromatic carbocycles. The van der Waals surface area contributed by atoms with Crippen LogP contribution in [-0.2, 0) is 23.7 Å². The fourth-order valence-corrected chi connectivity index (χ4v) is 3.99. The Morgan fingerprint density at radius 1 is 0.882 bits per heavy atom. The maximum atomic E-state index is 10.9. The molecule has 2 aromatic rings. The van der Waals surface area contributed by atoms with Gasteiger partial charge < -0.3 is 21.3 Å². The molecule has 5 N–H and O–H groups in total. The van der Waals surface area contributed by atoms with Crippen LogP contribution in [0.15, 0.2) is 29.3 Å². The molecule has 0 aliphatic rings. The summed E-state index contributed by atoms with van der Waals surface area (Å²) in [5.74, 6) is 1.44. The summed E-state index contributed by atoms with van der Waals surface area (Å²) in [5.41, 5.74) is 17.5. The second-order valence-corrected chi connectivity index (χ2v) is 11.3. The number of hydrogen-bond donors (Lipinski definition) is 3. The van der Waals surface area contributed by atoms with Crippen LogP contribution in [0.1, 0.15) is 94.7 Å². The number of guanidine groups is 1. The molecule has 0 saturated carbocycles. The third-order valence-corrected chi connectivity index (χ3v) is 6.21. The van der Waals surface area contributed by atoms with Crippen LogP contribution in [0.2, 0.25) is 0 Å². The topological polar surface area (TPSA) is 93.9 Å². The van der Waals surface area contributed by atoms with Crippen molar-refractivity contribution < 1.29 is 9.84 Å².